The van der Waals surface area contributed by atoms with Gasteiger partial charge in [-0.2, -0.15) is 4.72 Å². The van der Waals surface area contributed by atoms with Gasteiger partial charge in [0.1, 0.15) is 5.75 Å². The number of benzene rings is 2. The lowest BCUT2D eigenvalue weighted by atomic mass is 10.2. The van der Waals surface area contributed by atoms with Crippen molar-refractivity contribution in [3.63, 3.8) is 0 Å². The van der Waals surface area contributed by atoms with Crippen LogP contribution in [0.3, 0.4) is 0 Å². The molecule has 0 saturated carbocycles. The first-order valence-corrected chi connectivity index (χ1v) is 8.89. The standard InChI is InChI=1S/C17H20N2O4S/c1-13(19-24(21,22)15-9-4-3-5-10-15)17(20)18-12-14-8-6-7-11-16(14)23-2/h3-11,13,19H,12H2,1-2H3,(H,18,20)/t13-/m0/s1. The van der Waals surface area contributed by atoms with E-state index in [1.54, 1.807) is 31.4 Å². The van der Waals surface area contributed by atoms with Gasteiger partial charge in [-0.3, -0.25) is 4.79 Å². The number of para-hydroxylation sites is 1. The average Bonchev–Trinajstić information content (AvgIpc) is 2.60. The van der Waals surface area contributed by atoms with Gasteiger partial charge in [-0.25, -0.2) is 8.42 Å². The van der Waals surface area contributed by atoms with Crippen LogP contribution in [0.1, 0.15) is 12.5 Å². The summed E-state index contributed by atoms with van der Waals surface area (Å²) in [6.07, 6.45) is 0. The summed E-state index contributed by atoms with van der Waals surface area (Å²) in [7, 11) is -2.18. The number of sulfonamides is 1. The third kappa shape index (κ3) is 4.56. The van der Waals surface area contributed by atoms with Crippen LogP contribution in [-0.4, -0.2) is 27.5 Å². The fourth-order valence-electron chi connectivity index (χ4n) is 2.14. The summed E-state index contributed by atoms with van der Waals surface area (Å²) in [5.74, 6) is 0.246. The minimum atomic E-state index is -3.74. The topological polar surface area (TPSA) is 84.5 Å². The van der Waals surface area contributed by atoms with E-state index in [4.69, 9.17) is 4.74 Å². The summed E-state index contributed by atoms with van der Waals surface area (Å²) in [6, 6.07) is 14.3. The van der Waals surface area contributed by atoms with E-state index < -0.39 is 22.0 Å². The van der Waals surface area contributed by atoms with E-state index in [1.165, 1.54) is 19.1 Å². The Bertz CT molecular complexity index is 791. The molecule has 0 saturated heterocycles. The van der Waals surface area contributed by atoms with Gasteiger partial charge in [0.05, 0.1) is 18.0 Å². The molecule has 0 fully saturated rings. The zero-order chi connectivity index (χ0) is 17.6. The number of hydrogen-bond acceptors (Lipinski definition) is 4. The summed E-state index contributed by atoms with van der Waals surface area (Å²) >= 11 is 0. The molecule has 0 spiro atoms. The van der Waals surface area contributed by atoms with E-state index in [0.717, 1.165) is 5.56 Å². The second kappa shape index (κ2) is 7.94. The molecule has 0 aliphatic rings. The molecule has 1 amide bonds. The van der Waals surface area contributed by atoms with Crippen LogP contribution in [0.15, 0.2) is 59.5 Å². The zero-order valence-corrected chi connectivity index (χ0v) is 14.3. The molecule has 128 valence electrons. The van der Waals surface area contributed by atoms with Gasteiger partial charge in [0.15, 0.2) is 0 Å². The quantitative estimate of drug-likeness (QED) is 0.797. The van der Waals surface area contributed by atoms with Crippen LogP contribution in [0.2, 0.25) is 0 Å². The number of amides is 1. The Kier molecular flexibility index (Phi) is 5.94. The smallest absolute Gasteiger partial charge is 0.241 e. The first-order valence-electron chi connectivity index (χ1n) is 7.41. The Morgan fingerprint density at radius 3 is 2.38 bits per heavy atom. The molecule has 0 heterocycles. The predicted molar refractivity (Wildman–Crippen MR) is 91.1 cm³/mol. The number of ether oxygens (including phenoxy) is 1. The lowest BCUT2D eigenvalue weighted by Crippen LogP contribution is -2.44. The molecule has 0 bridgehead atoms. The van der Waals surface area contributed by atoms with Gasteiger partial charge < -0.3 is 10.1 Å². The van der Waals surface area contributed by atoms with Crippen molar-refractivity contribution in [3.8, 4) is 5.75 Å². The van der Waals surface area contributed by atoms with Gasteiger partial charge in [-0.15, -0.1) is 0 Å². The van der Waals surface area contributed by atoms with E-state index in [2.05, 4.69) is 10.0 Å². The summed E-state index contributed by atoms with van der Waals surface area (Å²) < 4.78 is 32.0. The van der Waals surface area contributed by atoms with Crippen molar-refractivity contribution in [1.82, 2.24) is 10.0 Å². The van der Waals surface area contributed by atoms with Crippen LogP contribution in [0.5, 0.6) is 5.75 Å². The lowest BCUT2D eigenvalue weighted by Gasteiger charge is -2.15. The van der Waals surface area contributed by atoms with Crippen molar-refractivity contribution in [2.24, 2.45) is 0 Å². The predicted octanol–water partition coefficient (Wildman–Crippen LogP) is 1.68. The Morgan fingerprint density at radius 1 is 1.08 bits per heavy atom. The monoisotopic (exact) mass is 348 g/mol. The number of nitrogens with one attached hydrogen (secondary N) is 2. The van der Waals surface area contributed by atoms with E-state index in [0.29, 0.717) is 5.75 Å². The van der Waals surface area contributed by atoms with Crippen LogP contribution in [0, 0.1) is 0 Å². The van der Waals surface area contributed by atoms with E-state index in [9.17, 15) is 13.2 Å². The SMILES string of the molecule is COc1ccccc1CNC(=O)[C@H](C)NS(=O)(=O)c1ccccc1. The number of carbonyl (C=O) groups excluding carboxylic acids is 1. The van der Waals surface area contributed by atoms with E-state index >= 15 is 0 Å². The van der Waals surface area contributed by atoms with Crippen molar-refractivity contribution in [2.45, 2.75) is 24.4 Å². The summed E-state index contributed by atoms with van der Waals surface area (Å²) in [4.78, 5) is 12.3. The van der Waals surface area contributed by atoms with Crippen LogP contribution < -0.4 is 14.8 Å². The van der Waals surface area contributed by atoms with Gasteiger partial charge in [-0.1, -0.05) is 36.4 Å². The molecule has 0 aliphatic heterocycles. The van der Waals surface area contributed by atoms with Gasteiger partial charge in [-0.05, 0) is 25.1 Å². The average molecular weight is 348 g/mol. The highest BCUT2D eigenvalue weighted by Crippen LogP contribution is 2.16. The maximum absolute atomic E-state index is 12.2. The van der Waals surface area contributed by atoms with Crippen molar-refractivity contribution in [2.75, 3.05) is 7.11 Å². The molecular formula is C17H20N2O4S. The molecule has 2 aromatic rings. The number of rotatable bonds is 7. The fourth-order valence-corrected chi connectivity index (χ4v) is 3.36. The van der Waals surface area contributed by atoms with Crippen molar-refractivity contribution >= 4 is 15.9 Å². The molecular weight excluding hydrogens is 328 g/mol. The maximum Gasteiger partial charge on any atom is 0.241 e. The van der Waals surface area contributed by atoms with Crippen LogP contribution in [0.4, 0.5) is 0 Å². The van der Waals surface area contributed by atoms with Crippen LogP contribution >= 0.6 is 0 Å². The molecule has 2 rings (SSSR count). The summed E-state index contributed by atoms with van der Waals surface area (Å²) in [5.41, 5.74) is 0.812. The molecule has 2 N–H and O–H groups in total. The Morgan fingerprint density at radius 2 is 1.71 bits per heavy atom. The number of carbonyl (C=O) groups is 1. The third-order valence-electron chi connectivity index (χ3n) is 3.42. The summed E-state index contributed by atoms with van der Waals surface area (Å²) in [5, 5.41) is 2.70. The largest absolute Gasteiger partial charge is 0.496 e. The highest BCUT2D eigenvalue weighted by molar-refractivity contribution is 7.89. The van der Waals surface area contributed by atoms with E-state index in [-0.39, 0.29) is 11.4 Å². The minimum Gasteiger partial charge on any atom is -0.496 e. The highest BCUT2D eigenvalue weighted by atomic mass is 32.2. The molecule has 0 aromatic heterocycles. The van der Waals surface area contributed by atoms with Gasteiger partial charge in [0.25, 0.3) is 0 Å². The minimum absolute atomic E-state index is 0.120. The zero-order valence-electron chi connectivity index (χ0n) is 13.5. The Hall–Kier alpha value is -2.38. The molecule has 1 atom stereocenters. The van der Waals surface area contributed by atoms with E-state index in [1.807, 2.05) is 18.2 Å². The molecule has 6 nitrogen and oxygen atoms in total. The highest BCUT2D eigenvalue weighted by Gasteiger charge is 2.21. The van der Waals surface area contributed by atoms with Crippen molar-refractivity contribution < 1.29 is 17.9 Å². The lowest BCUT2D eigenvalue weighted by molar-refractivity contribution is -0.122. The summed E-state index contributed by atoms with van der Waals surface area (Å²) in [6.45, 7) is 1.75. The first kappa shape index (κ1) is 18.0. The number of hydrogen-bond donors (Lipinski definition) is 2. The molecule has 2 aromatic carbocycles. The van der Waals surface area contributed by atoms with Gasteiger partial charge in [0.2, 0.25) is 15.9 Å². The van der Waals surface area contributed by atoms with Crippen molar-refractivity contribution in [3.05, 3.63) is 60.2 Å². The molecule has 7 heteroatoms. The van der Waals surface area contributed by atoms with Crippen molar-refractivity contribution in [1.29, 1.82) is 0 Å². The van der Waals surface area contributed by atoms with Gasteiger partial charge in [0, 0.05) is 12.1 Å². The normalized spacial score (nSPS) is 12.4. The second-order valence-electron chi connectivity index (χ2n) is 5.19. The molecule has 0 radical (unpaired) electrons. The molecule has 0 aliphatic carbocycles. The molecule has 0 unspecified atom stereocenters. The van der Waals surface area contributed by atoms with Gasteiger partial charge >= 0.3 is 0 Å². The Labute approximate surface area is 141 Å². The number of methoxy groups -OCH3 is 1. The van der Waals surface area contributed by atoms with Crippen LogP contribution in [0.25, 0.3) is 0 Å². The molecule has 24 heavy (non-hydrogen) atoms. The third-order valence-corrected chi connectivity index (χ3v) is 4.98. The Balaban J connectivity index is 1.97. The van der Waals surface area contributed by atoms with Crippen LogP contribution in [-0.2, 0) is 21.4 Å². The fraction of sp³-hybridized carbons (Fsp3) is 0.235. The second-order valence-corrected chi connectivity index (χ2v) is 6.90. The maximum atomic E-state index is 12.2. The first-order chi connectivity index (χ1) is 11.4.